The molecule has 0 aromatic heterocycles. The van der Waals surface area contributed by atoms with Gasteiger partial charge in [-0.3, -0.25) is 0 Å². The summed E-state index contributed by atoms with van der Waals surface area (Å²) in [6.07, 6.45) is 0. The van der Waals surface area contributed by atoms with Crippen molar-refractivity contribution >= 4 is 30.2 Å². The number of benzene rings is 4. The summed E-state index contributed by atoms with van der Waals surface area (Å²) in [6.45, 7) is 0. The predicted molar refractivity (Wildman–Crippen MR) is 130 cm³/mol. The van der Waals surface area contributed by atoms with Crippen LogP contribution in [-0.2, 0) is 4.74 Å². The van der Waals surface area contributed by atoms with Crippen molar-refractivity contribution in [2.45, 2.75) is 5.78 Å². The lowest BCUT2D eigenvalue weighted by Gasteiger charge is -2.31. The van der Waals surface area contributed by atoms with Crippen molar-refractivity contribution in [2.75, 3.05) is 12.4 Å². The smallest absolute Gasteiger partial charge is 0.337 e. The number of carbonyl (C=O) groups is 1. The van der Waals surface area contributed by atoms with Gasteiger partial charge in [-0.15, -0.1) is 0 Å². The summed E-state index contributed by atoms with van der Waals surface area (Å²) < 4.78 is 4.87. The van der Waals surface area contributed by atoms with Gasteiger partial charge in [0.05, 0.1) is 18.5 Å². The van der Waals surface area contributed by atoms with Crippen molar-refractivity contribution in [3.63, 3.8) is 0 Å². The minimum atomic E-state index is -0.770. The zero-order valence-electron chi connectivity index (χ0n) is 17.3. The van der Waals surface area contributed by atoms with Crippen LogP contribution in [0.3, 0.4) is 0 Å². The molecule has 0 radical (unpaired) electrons. The highest BCUT2D eigenvalue weighted by Crippen LogP contribution is 2.49. The first kappa shape index (κ1) is 20.8. The molecule has 0 saturated carbocycles. The second kappa shape index (κ2) is 10.1. The largest absolute Gasteiger partial charge is 0.465 e. The normalized spacial score (nSPS) is 11.7. The lowest BCUT2D eigenvalue weighted by atomic mass is 10.1. The molecule has 4 heteroatoms. The number of methoxy groups -OCH3 is 1. The average Bonchev–Trinajstić information content (AvgIpc) is 2.85. The summed E-state index contributed by atoms with van der Waals surface area (Å²) in [5.41, 5.74) is 2.73. The van der Waals surface area contributed by atoms with Crippen LogP contribution in [0.5, 0.6) is 0 Å². The van der Waals surface area contributed by atoms with Crippen LogP contribution in [0.25, 0.3) is 0 Å². The molecule has 3 nitrogen and oxygen atoms in total. The van der Waals surface area contributed by atoms with E-state index in [1.807, 2.05) is 54.6 Å². The number of esters is 1. The molecule has 4 aromatic carbocycles. The number of hydrogen-bond acceptors (Lipinski definition) is 3. The molecule has 4 rings (SSSR count). The Bertz CT molecular complexity index is 1060. The standard InChI is InChI=1S/C27H24NO2P/c1-30-27(29)22-19-17-21(18-20-22)26(28-23-11-5-2-6-12-23)31(24-13-7-3-8-14-24)25-15-9-4-10-16-25/h2-20,26,28H,1H3. The van der Waals surface area contributed by atoms with Crippen LogP contribution in [0.2, 0.25) is 0 Å². The fraction of sp³-hybridized carbons (Fsp3) is 0.0741. The van der Waals surface area contributed by atoms with Gasteiger partial charge in [0.25, 0.3) is 0 Å². The number of carbonyl (C=O) groups excluding carboxylic acids is 1. The Morgan fingerprint density at radius 1 is 0.710 bits per heavy atom. The lowest BCUT2D eigenvalue weighted by Crippen LogP contribution is -2.22. The van der Waals surface area contributed by atoms with Crippen LogP contribution >= 0.6 is 7.92 Å². The van der Waals surface area contributed by atoms with Gasteiger partial charge in [-0.05, 0) is 48.4 Å². The van der Waals surface area contributed by atoms with Crippen LogP contribution in [0.15, 0.2) is 115 Å². The van der Waals surface area contributed by atoms with E-state index in [0.717, 1.165) is 11.3 Å². The molecule has 1 atom stereocenters. The third-order valence-electron chi connectivity index (χ3n) is 5.05. The Labute approximate surface area is 184 Å². The Balaban J connectivity index is 1.82. The van der Waals surface area contributed by atoms with E-state index in [2.05, 4.69) is 66.0 Å². The molecule has 154 valence electrons. The first-order chi connectivity index (χ1) is 15.3. The Morgan fingerprint density at radius 2 is 1.19 bits per heavy atom. The Hall–Kier alpha value is -3.42. The summed E-state index contributed by atoms with van der Waals surface area (Å²) in [5, 5.41) is 6.34. The van der Waals surface area contributed by atoms with E-state index < -0.39 is 7.92 Å². The van der Waals surface area contributed by atoms with Gasteiger partial charge in [0, 0.05) is 5.69 Å². The van der Waals surface area contributed by atoms with Crippen LogP contribution in [-0.4, -0.2) is 13.1 Å². The highest BCUT2D eigenvalue weighted by Gasteiger charge is 2.26. The van der Waals surface area contributed by atoms with E-state index in [-0.39, 0.29) is 11.8 Å². The molecule has 4 aromatic rings. The maximum Gasteiger partial charge on any atom is 0.337 e. The summed E-state index contributed by atoms with van der Waals surface area (Å²) in [4.78, 5) is 11.9. The molecule has 0 bridgehead atoms. The summed E-state index contributed by atoms with van der Waals surface area (Å²) in [7, 11) is 0.633. The molecule has 0 saturated heterocycles. The van der Waals surface area contributed by atoms with Gasteiger partial charge in [-0.2, -0.15) is 0 Å². The highest BCUT2D eigenvalue weighted by atomic mass is 31.1. The highest BCUT2D eigenvalue weighted by molar-refractivity contribution is 7.73. The van der Waals surface area contributed by atoms with Gasteiger partial charge >= 0.3 is 5.97 Å². The topological polar surface area (TPSA) is 38.3 Å². The van der Waals surface area contributed by atoms with Crippen molar-refractivity contribution in [2.24, 2.45) is 0 Å². The molecule has 31 heavy (non-hydrogen) atoms. The molecular weight excluding hydrogens is 401 g/mol. The first-order valence-electron chi connectivity index (χ1n) is 10.2. The second-order valence-electron chi connectivity index (χ2n) is 7.07. The zero-order valence-corrected chi connectivity index (χ0v) is 18.2. The van der Waals surface area contributed by atoms with E-state index in [4.69, 9.17) is 4.74 Å². The number of nitrogens with one attached hydrogen (secondary N) is 1. The van der Waals surface area contributed by atoms with Gasteiger partial charge < -0.3 is 10.1 Å². The predicted octanol–water partition coefficient (Wildman–Crippen LogP) is 5.72. The zero-order chi connectivity index (χ0) is 21.5. The maximum atomic E-state index is 11.9. The third-order valence-corrected chi connectivity index (χ3v) is 7.70. The number of ether oxygens (including phenoxy) is 1. The van der Waals surface area contributed by atoms with E-state index in [9.17, 15) is 4.79 Å². The first-order valence-corrected chi connectivity index (χ1v) is 11.6. The Kier molecular flexibility index (Phi) is 6.76. The lowest BCUT2D eigenvalue weighted by molar-refractivity contribution is 0.0600. The van der Waals surface area contributed by atoms with E-state index >= 15 is 0 Å². The summed E-state index contributed by atoms with van der Waals surface area (Å²) >= 11 is 0. The molecule has 0 amide bonds. The Morgan fingerprint density at radius 3 is 1.68 bits per heavy atom. The van der Waals surface area contributed by atoms with Crippen LogP contribution in [0.4, 0.5) is 5.69 Å². The summed E-state index contributed by atoms with van der Waals surface area (Å²) in [5.74, 6) is -0.304. The number of rotatable bonds is 7. The molecule has 0 aliphatic heterocycles. The van der Waals surface area contributed by atoms with Crippen molar-refractivity contribution in [1.82, 2.24) is 0 Å². The molecule has 0 heterocycles. The van der Waals surface area contributed by atoms with Crippen LogP contribution in [0, 0.1) is 0 Å². The molecule has 0 aliphatic carbocycles. The van der Waals surface area contributed by atoms with Gasteiger partial charge in [-0.1, -0.05) is 91.0 Å². The van der Waals surface area contributed by atoms with Crippen LogP contribution < -0.4 is 15.9 Å². The number of para-hydroxylation sites is 1. The minimum Gasteiger partial charge on any atom is -0.465 e. The average molecular weight is 425 g/mol. The molecular formula is C27H24NO2P. The number of anilines is 1. The van der Waals surface area contributed by atoms with Gasteiger partial charge in [0.2, 0.25) is 0 Å². The fourth-order valence-corrected chi connectivity index (χ4v) is 6.16. The van der Waals surface area contributed by atoms with Gasteiger partial charge in [0.15, 0.2) is 0 Å². The molecule has 1 N–H and O–H groups in total. The van der Waals surface area contributed by atoms with E-state index in [1.54, 1.807) is 0 Å². The molecule has 0 aliphatic rings. The second-order valence-corrected chi connectivity index (χ2v) is 9.36. The van der Waals surface area contributed by atoms with E-state index in [0.29, 0.717) is 5.56 Å². The number of hydrogen-bond donors (Lipinski definition) is 1. The molecule has 0 spiro atoms. The summed E-state index contributed by atoms with van der Waals surface area (Å²) in [6, 6.07) is 39.2. The van der Waals surface area contributed by atoms with E-state index in [1.165, 1.54) is 17.7 Å². The van der Waals surface area contributed by atoms with Crippen molar-refractivity contribution < 1.29 is 9.53 Å². The van der Waals surface area contributed by atoms with Crippen molar-refractivity contribution in [3.05, 3.63) is 126 Å². The quantitative estimate of drug-likeness (QED) is 0.304. The van der Waals surface area contributed by atoms with Gasteiger partial charge in [-0.25, -0.2) is 4.79 Å². The van der Waals surface area contributed by atoms with Crippen molar-refractivity contribution in [1.29, 1.82) is 0 Å². The van der Waals surface area contributed by atoms with Crippen molar-refractivity contribution in [3.8, 4) is 0 Å². The SMILES string of the molecule is COC(=O)c1ccc(C(Nc2ccccc2)P(c2ccccc2)c2ccccc2)cc1. The molecule has 0 fully saturated rings. The van der Waals surface area contributed by atoms with Gasteiger partial charge in [0.1, 0.15) is 0 Å². The monoisotopic (exact) mass is 425 g/mol. The van der Waals surface area contributed by atoms with Crippen LogP contribution in [0.1, 0.15) is 21.7 Å². The minimum absolute atomic E-state index is 0.0221. The third kappa shape index (κ3) is 5.02. The maximum absolute atomic E-state index is 11.9. The molecule has 1 unspecified atom stereocenters. The fourth-order valence-electron chi connectivity index (χ4n) is 3.53.